The zero-order valence-corrected chi connectivity index (χ0v) is 19.2. The molecule has 15 heteroatoms. The molecule has 0 bridgehead atoms. The summed E-state index contributed by atoms with van der Waals surface area (Å²) in [6.45, 7) is 0. The Kier molecular flexibility index (Phi) is 7.52. The highest BCUT2D eigenvalue weighted by Crippen LogP contribution is 2.47. The van der Waals surface area contributed by atoms with Gasteiger partial charge in [0, 0.05) is 0 Å². The van der Waals surface area contributed by atoms with E-state index >= 15 is 0 Å². The highest BCUT2D eigenvalue weighted by molar-refractivity contribution is 7.85. The van der Waals surface area contributed by atoms with Crippen molar-refractivity contribution in [1.82, 2.24) is 0 Å². The lowest BCUT2D eigenvalue weighted by atomic mass is 9.95. The van der Waals surface area contributed by atoms with Crippen LogP contribution in [0.1, 0.15) is 33.0 Å². The summed E-state index contributed by atoms with van der Waals surface area (Å²) in [6, 6.07) is 9.26. The molecule has 196 valence electrons. The zero-order valence-electron chi connectivity index (χ0n) is 18.3. The van der Waals surface area contributed by atoms with Crippen LogP contribution < -0.4 is 4.74 Å². The van der Waals surface area contributed by atoms with Gasteiger partial charge in [-0.3, -0.25) is 9.35 Å². The first-order chi connectivity index (χ1) is 17.0. The number of esters is 2. The van der Waals surface area contributed by atoms with Crippen molar-refractivity contribution in [2.24, 2.45) is 0 Å². The lowest BCUT2D eigenvalue weighted by Gasteiger charge is -2.35. The number of hydrogen-bond donors (Lipinski definition) is 1. The Balaban J connectivity index is 2.02. The fourth-order valence-corrected chi connectivity index (χ4v) is 4.41. The Morgan fingerprint density at radius 1 is 1.00 bits per heavy atom. The van der Waals surface area contributed by atoms with E-state index in [1.807, 2.05) is 0 Å². The summed E-state index contributed by atoms with van der Waals surface area (Å²) < 4.78 is 121. The van der Waals surface area contributed by atoms with E-state index in [0.29, 0.717) is 17.2 Å². The van der Waals surface area contributed by atoms with Gasteiger partial charge in [0.2, 0.25) is 0 Å². The first-order valence-corrected chi connectivity index (χ1v) is 11.7. The smallest absolute Gasteiger partial charge is 0.434 e. The second kappa shape index (κ2) is 9.86. The van der Waals surface area contributed by atoms with Gasteiger partial charge < -0.3 is 9.47 Å². The fourth-order valence-electron chi connectivity index (χ4n) is 3.51. The number of hydrogen-bond acceptors (Lipinski definition) is 6. The molecule has 0 saturated carbocycles. The predicted molar refractivity (Wildman–Crippen MR) is 116 cm³/mol. The molecule has 3 rings (SSSR count). The number of fused-ring (bicyclic) bond motifs is 1. The molecule has 1 unspecified atom stereocenters. The number of alkyl halides is 6. The van der Waals surface area contributed by atoms with Crippen molar-refractivity contribution >= 4 is 36.0 Å². The summed E-state index contributed by atoms with van der Waals surface area (Å²) in [6.07, 6.45) is -10.2. The summed E-state index contributed by atoms with van der Waals surface area (Å²) in [5.74, 6) is -8.20. The van der Waals surface area contributed by atoms with Gasteiger partial charge in [-0.25, -0.2) is 4.79 Å². The molecule has 1 atom stereocenters. The lowest BCUT2D eigenvalue weighted by Crippen LogP contribution is -2.63. The third kappa shape index (κ3) is 5.82. The van der Waals surface area contributed by atoms with Gasteiger partial charge in [0.1, 0.15) is 23.0 Å². The minimum absolute atomic E-state index is 0.178. The molecule has 2 aromatic rings. The van der Waals surface area contributed by atoms with Crippen LogP contribution in [-0.2, 0) is 26.0 Å². The highest BCUT2D eigenvalue weighted by Gasteiger charge is 2.76. The number of benzene rings is 2. The van der Waals surface area contributed by atoms with E-state index < -0.39 is 63.0 Å². The van der Waals surface area contributed by atoms with Crippen molar-refractivity contribution in [3.63, 3.8) is 0 Å². The van der Waals surface area contributed by atoms with E-state index in [2.05, 4.69) is 4.74 Å². The van der Waals surface area contributed by atoms with Crippen LogP contribution >= 0.6 is 0 Å². The van der Waals surface area contributed by atoms with Crippen LogP contribution in [0.25, 0.3) is 6.08 Å². The minimum atomic E-state index is -6.52. The molecule has 0 fully saturated rings. The van der Waals surface area contributed by atoms with Crippen molar-refractivity contribution in [2.45, 2.75) is 30.2 Å². The quantitative estimate of drug-likeness (QED) is 0.184. The number of carbonyl (C=O) groups excluding carboxylic acids is 2. The van der Waals surface area contributed by atoms with Crippen LogP contribution in [0.5, 0.6) is 5.75 Å². The van der Waals surface area contributed by atoms with Crippen molar-refractivity contribution in [1.29, 1.82) is 0 Å². The summed E-state index contributed by atoms with van der Waals surface area (Å²) in [5.41, 5.74) is -5.37. The monoisotopic (exact) mass is 548 g/mol. The number of ether oxygens (including phenoxy) is 2. The molecule has 0 heterocycles. The van der Waals surface area contributed by atoms with Crippen molar-refractivity contribution in [2.75, 3.05) is 5.75 Å². The van der Waals surface area contributed by atoms with E-state index in [4.69, 9.17) is 17.1 Å². The minimum Gasteiger partial charge on any atom is -0.434 e. The van der Waals surface area contributed by atoms with Crippen LogP contribution in [0.2, 0.25) is 0 Å². The van der Waals surface area contributed by atoms with E-state index in [1.165, 1.54) is 6.08 Å². The van der Waals surface area contributed by atoms with Crippen molar-refractivity contribution in [3.05, 3.63) is 70.8 Å². The summed E-state index contributed by atoms with van der Waals surface area (Å²) in [5, 5.41) is 0. The molecule has 0 aliphatic heterocycles. The second-order valence-corrected chi connectivity index (χ2v) is 9.31. The maximum Gasteiger partial charge on any atom is 0.438 e. The Hall–Kier alpha value is -3.33. The van der Waals surface area contributed by atoms with Crippen LogP contribution in [0.15, 0.2) is 48.5 Å². The molecule has 1 aliphatic rings. The molecule has 0 saturated heterocycles. The maximum atomic E-state index is 13.6. The van der Waals surface area contributed by atoms with Gasteiger partial charge in [0.15, 0.2) is 0 Å². The van der Waals surface area contributed by atoms with Crippen LogP contribution in [-0.4, -0.2) is 56.5 Å². The molecule has 2 aromatic carbocycles. The molecule has 0 aromatic heterocycles. The van der Waals surface area contributed by atoms with Crippen LogP contribution in [0.4, 0.5) is 26.3 Å². The summed E-state index contributed by atoms with van der Waals surface area (Å²) in [4.78, 5) is 25.4. The SMILES string of the molecule is [B]Cc1ccc(C(=O)OC(CS(=O)(=O)O)(C(F)(F)F)C(F)(F)F)c(OC(=O)C2C=Cc3ccccc32)c1. The van der Waals surface area contributed by atoms with Gasteiger partial charge in [-0.1, -0.05) is 54.4 Å². The van der Waals surface area contributed by atoms with Crippen molar-refractivity contribution in [3.8, 4) is 5.75 Å². The first kappa shape index (κ1) is 28.2. The Bertz CT molecular complexity index is 1340. The van der Waals surface area contributed by atoms with Gasteiger partial charge in [-0.15, -0.1) is 0 Å². The number of rotatable bonds is 7. The molecular weight excluding hydrogens is 533 g/mol. The summed E-state index contributed by atoms with van der Waals surface area (Å²) >= 11 is 0. The van der Waals surface area contributed by atoms with Gasteiger partial charge in [0.25, 0.3) is 10.1 Å². The van der Waals surface area contributed by atoms with Gasteiger partial charge in [-0.05, 0) is 23.3 Å². The molecule has 2 radical (unpaired) electrons. The molecular formula is C22H15BF6O7S. The van der Waals surface area contributed by atoms with E-state index in [0.717, 1.165) is 12.1 Å². The standard InChI is InChI=1S/C22H15BF6O7S/c23-10-12-5-7-16(17(9-12)35-18(30)15-8-6-13-3-1-2-4-14(13)15)19(31)36-20(21(24,25)26,22(27,28)29)11-37(32,33)34/h1-9,15H,10-11H2,(H,32,33,34). The molecule has 1 N–H and O–H groups in total. The first-order valence-electron chi connectivity index (χ1n) is 10.1. The maximum absolute atomic E-state index is 13.6. The third-order valence-electron chi connectivity index (χ3n) is 5.33. The van der Waals surface area contributed by atoms with E-state index in [1.54, 1.807) is 30.3 Å². The van der Waals surface area contributed by atoms with Gasteiger partial charge in [0.05, 0.1) is 7.85 Å². The molecule has 0 spiro atoms. The van der Waals surface area contributed by atoms with E-state index in [-0.39, 0.29) is 11.9 Å². The summed E-state index contributed by atoms with van der Waals surface area (Å²) in [7, 11) is -0.495. The Morgan fingerprint density at radius 3 is 2.19 bits per heavy atom. The normalized spacial score (nSPS) is 15.8. The van der Waals surface area contributed by atoms with E-state index in [9.17, 15) is 44.3 Å². The lowest BCUT2D eigenvalue weighted by molar-refractivity contribution is -0.356. The van der Waals surface area contributed by atoms with Gasteiger partial charge in [-0.2, -0.15) is 34.8 Å². The highest BCUT2D eigenvalue weighted by atomic mass is 32.2. The largest absolute Gasteiger partial charge is 0.438 e. The third-order valence-corrected chi connectivity index (χ3v) is 6.11. The molecule has 37 heavy (non-hydrogen) atoms. The predicted octanol–water partition coefficient (Wildman–Crippen LogP) is 3.98. The molecule has 7 nitrogen and oxygen atoms in total. The Morgan fingerprint density at radius 2 is 1.62 bits per heavy atom. The topological polar surface area (TPSA) is 107 Å². The number of carbonyl (C=O) groups is 2. The van der Waals surface area contributed by atoms with Gasteiger partial charge >= 0.3 is 29.9 Å². The van der Waals surface area contributed by atoms with Crippen LogP contribution in [0.3, 0.4) is 0 Å². The average Bonchev–Trinajstić information content (AvgIpc) is 3.20. The average molecular weight is 548 g/mol. The van der Waals surface area contributed by atoms with Crippen LogP contribution in [0, 0.1) is 0 Å². The van der Waals surface area contributed by atoms with Crippen molar-refractivity contribution < 1.29 is 58.4 Å². The molecule has 0 amide bonds. The number of halogens is 6. The zero-order chi connectivity index (χ0) is 27.8. The molecule has 1 aliphatic carbocycles. The Labute approximate surface area is 207 Å². The second-order valence-electron chi connectivity index (χ2n) is 7.86. The fraction of sp³-hybridized carbons (Fsp3) is 0.273.